The third kappa shape index (κ3) is 3.30. The van der Waals surface area contributed by atoms with Gasteiger partial charge in [-0.05, 0) is 20.8 Å². The van der Waals surface area contributed by atoms with Crippen molar-refractivity contribution >= 4 is 16.9 Å². The van der Waals surface area contributed by atoms with Crippen molar-refractivity contribution in [3.8, 4) is 0 Å². The van der Waals surface area contributed by atoms with Crippen LogP contribution in [0.5, 0.6) is 0 Å². The van der Waals surface area contributed by atoms with E-state index in [9.17, 15) is 0 Å². The SMILES string of the molecule is CCc1nnc(C(C)N2CCN(C3=NCC(C)(C)S3)CC2)o1. The topological polar surface area (TPSA) is 57.8 Å². The highest BCUT2D eigenvalue weighted by atomic mass is 32.2. The van der Waals surface area contributed by atoms with Crippen LogP contribution in [-0.4, -0.2) is 62.6 Å². The van der Waals surface area contributed by atoms with E-state index in [4.69, 9.17) is 9.41 Å². The summed E-state index contributed by atoms with van der Waals surface area (Å²) in [6, 6.07) is 0.185. The first-order chi connectivity index (χ1) is 10.5. The van der Waals surface area contributed by atoms with Gasteiger partial charge in [-0.25, -0.2) is 0 Å². The van der Waals surface area contributed by atoms with Crippen LogP contribution < -0.4 is 0 Å². The summed E-state index contributed by atoms with van der Waals surface area (Å²) in [6.07, 6.45) is 0.792. The molecule has 1 aromatic heterocycles. The molecule has 1 aromatic rings. The van der Waals surface area contributed by atoms with Gasteiger partial charge in [-0.1, -0.05) is 18.7 Å². The van der Waals surface area contributed by atoms with Gasteiger partial charge in [0, 0.05) is 37.3 Å². The maximum atomic E-state index is 5.70. The van der Waals surface area contributed by atoms with E-state index in [-0.39, 0.29) is 10.8 Å². The standard InChI is InChI=1S/C15H25N5OS/c1-5-12-17-18-13(21-12)11(2)19-6-8-20(9-7-19)14-16-10-15(3,4)22-14/h11H,5-10H2,1-4H3. The van der Waals surface area contributed by atoms with Crippen molar-refractivity contribution < 1.29 is 4.42 Å². The summed E-state index contributed by atoms with van der Waals surface area (Å²) in [7, 11) is 0. The van der Waals surface area contributed by atoms with Gasteiger partial charge < -0.3 is 9.32 Å². The summed E-state index contributed by atoms with van der Waals surface area (Å²) >= 11 is 1.90. The maximum absolute atomic E-state index is 5.70. The molecule has 0 aromatic carbocycles. The molecule has 6 nitrogen and oxygen atoms in total. The first-order valence-corrected chi connectivity index (χ1v) is 8.85. The fourth-order valence-corrected chi connectivity index (χ4v) is 3.83. The lowest BCUT2D eigenvalue weighted by molar-refractivity contribution is 0.125. The van der Waals surface area contributed by atoms with E-state index in [1.807, 2.05) is 18.7 Å². The van der Waals surface area contributed by atoms with E-state index in [2.05, 4.69) is 40.8 Å². The lowest BCUT2D eigenvalue weighted by Gasteiger charge is -2.37. The highest BCUT2D eigenvalue weighted by Crippen LogP contribution is 2.34. The van der Waals surface area contributed by atoms with Crippen LogP contribution in [0.2, 0.25) is 0 Å². The Hall–Kier alpha value is -1.08. The fraction of sp³-hybridized carbons (Fsp3) is 0.800. The third-order valence-corrected chi connectivity index (χ3v) is 5.49. The van der Waals surface area contributed by atoms with Crippen molar-refractivity contribution in [2.24, 2.45) is 4.99 Å². The quantitative estimate of drug-likeness (QED) is 0.850. The molecule has 0 saturated carbocycles. The Morgan fingerprint density at radius 1 is 1.23 bits per heavy atom. The highest BCUT2D eigenvalue weighted by molar-refractivity contribution is 8.15. The Kier molecular flexibility index (Phi) is 4.45. The minimum atomic E-state index is 0.185. The van der Waals surface area contributed by atoms with E-state index >= 15 is 0 Å². The van der Waals surface area contributed by atoms with E-state index < -0.39 is 0 Å². The number of amidine groups is 1. The van der Waals surface area contributed by atoms with Crippen LogP contribution >= 0.6 is 11.8 Å². The minimum absolute atomic E-state index is 0.185. The summed E-state index contributed by atoms with van der Waals surface area (Å²) < 4.78 is 5.95. The van der Waals surface area contributed by atoms with Crippen molar-refractivity contribution in [1.29, 1.82) is 0 Å². The van der Waals surface area contributed by atoms with Crippen molar-refractivity contribution in [3.05, 3.63) is 11.8 Å². The summed E-state index contributed by atoms with van der Waals surface area (Å²) in [5, 5.41) is 9.46. The highest BCUT2D eigenvalue weighted by Gasteiger charge is 2.33. The second-order valence-corrected chi connectivity index (χ2v) is 8.22. The number of piperazine rings is 1. The van der Waals surface area contributed by atoms with Crippen molar-refractivity contribution in [2.45, 2.75) is 44.9 Å². The van der Waals surface area contributed by atoms with Crippen LogP contribution in [0.3, 0.4) is 0 Å². The molecule has 0 radical (unpaired) electrons. The van der Waals surface area contributed by atoms with Crippen molar-refractivity contribution in [2.75, 3.05) is 32.7 Å². The predicted octanol–water partition coefficient (Wildman–Crippen LogP) is 2.19. The second kappa shape index (κ2) is 6.20. The summed E-state index contributed by atoms with van der Waals surface area (Å²) in [5.41, 5.74) is 0. The normalized spacial score (nSPS) is 23.6. The van der Waals surface area contributed by atoms with Crippen LogP contribution in [0, 0.1) is 0 Å². The van der Waals surface area contributed by atoms with Crippen LogP contribution in [0.1, 0.15) is 45.5 Å². The number of nitrogens with zero attached hydrogens (tertiary/aromatic N) is 5. The zero-order valence-corrected chi connectivity index (χ0v) is 14.7. The molecule has 122 valence electrons. The van der Waals surface area contributed by atoms with Gasteiger partial charge >= 0.3 is 0 Å². The van der Waals surface area contributed by atoms with Crippen LogP contribution in [-0.2, 0) is 6.42 Å². The maximum Gasteiger partial charge on any atom is 0.233 e. The number of thioether (sulfide) groups is 1. The molecule has 3 rings (SSSR count). The Morgan fingerprint density at radius 2 is 1.95 bits per heavy atom. The lowest BCUT2D eigenvalue weighted by atomic mass is 10.2. The molecule has 2 aliphatic rings. The summed E-state index contributed by atoms with van der Waals surface area (Å²) in [6.45, 7) is 13.7. The molecule has 7 heteroatoms. The third-order valence-electron chi connectivity index (χ3n) is 4.24. The van der Waals surface area contributed by atoms with Crippen molar-refractivity contribution in [1.82, 2.24) is 20.0 Å². The largest absolute Gasteiger partial charge is 0.424 e. The van der Waals surface area contributed by atoms with Gasteiger partial charge in [0.15, 0.2) is 5.17 Å². The predicted molar refractivity (Wildman–Crippen MR) is 89.2 cm³/mol. The minimum Gasteiger partial charge on any atom is -0.424 e. The van der Waals surface area contributed by atoms with E-state index in [0.29, 0.717) is 0 Å². The van der Waals surface area contributed by atoms with Crippen LogP contribution in [0.4, 0.5) is 0 Å². The first-order valence-electron chi connectivity index (χ1n) is 8.03. The van der Waals surface area contributed by atoms with Crippen LogP contribution in [0.25, 0.3) is 0 Å². The van der Waals surface area contributed by atoms with Crippen LogP contribution in [0.15, 0.2) is 9.41 Å². The monoisotopic (exact) mass is 323 g/mol. The average Bonchev–Trinajstić information content (AvgIpc) is 3.13. The van der Waals surface area contributed by atoms with Gasteiger partial charge in [-0.15, -0.1) is 10.2 Å². The lowest BCUT2D eigenvalue weighted by Crippen LogP contribution is -2.48. The van der Waals surface area contributed by atoms with E-state index in [0.717, 1.165) is 50.9 Å². The van der Waals surface area contributed by atoms with Gasteiger partial charge in [0.1, 0.15) is 0 Å². The van der Waals surface area contributed by atoms with Gasteiger partial charge in [0.05, 0.1) is 12.6 Å². The molecule has 22 heavy (non-hydrogen) atoms. The number of aryl methyl sites for hydroxylation is 1. The molecule has 0 spiro atoms. The molecular weight excluding hydrogens is 298 g/mol. The molecule has 0 bridgehead atoms. The molecule has 3 heterocycles. The number of aromatic nitrogens is 2. The average molecular weight is 323 g/mol. The Morgan fingerprint density at radius 3 is 2.50 bits per heavy atom. The molecule has 1 saturated heterocycles. The van der Waals surface area contributed by atoms with Gasteiger partial charge in [-0.3, -0.25) is 9.89 Å². The number of hydrogen-bond acceptors (Lipinski definition) is 7. The molecule has 0 aliphatic carbocycles. The van der Waals surface area contributed by atoms with Gasteiger partial charge in [0.2, 0.25) is 11.8 Å². The zero-order chi connectivity index (χ0) is 15.7. The molecule has 0 amide bonds. The number of aliphatic imine (C=N–C) groups is 1. The molecular formula is C15H25N5OS. The number of rotatable bonds is 3. The van der Waals surface area contributed by atoms with Gasteiger partial charge in [0.25, 0.3) is 0 Å². The Balaban J connectivity index is 1.55. The van der Waals surface area contributed by atoms with Crippen molar-refractivity contribution in [3.63, 3.8) is 0 Å². The zero-order valence-electron chi connectivity index (χ0n) is 13.9. The van der Waals surface area contributed by atoms with E-state index in [1.54, 1.807) is 0 Å². The molecule has 1 fully saturated rings. The molecule has 1 atom stereocenters. The Labute approximate surface area is 136 Å². The fourth-order valence-electron chi connectivity index (χ4n) is 2.77. The molecule has 2 aliphatic heterocycles. The van der Waals surface area contributed by atoms with E-state index in [1.165, 1.54) is 5.17 Å². The Bertz CT molecular complexity index is 548. The second-order valence-electron chi connectivity index (χ2n) is 6.55. The molecule has 0 N–H and O–H groups in total. The number of hydrogen-bond donors (Lipinski definition) is 0. The summed E-state index contributed by atoms with van der Waals surface area (Å²) in [4.78, 5) is 9.52. The molecule has 1 unspecified atom stereocenters. The smallest absolute Gasteiger partial charge is 0.233 e. The van der Waals surface area contributed by atoms with Gasteiger partial charge in [-0.2, -0.15) is 0 Å². The summed E-state index contributed by atoms with van der Waals surface area (Å²) in [5.74, 6) is 1.46. The first kappa shape index (κ1) is 15.8.